The van der Waals surface area contributed by atoms with Crippen molar-refractivity contribution in [3.05, 3.63) is 100 Å². The second-order valence-corrected chi connectivity index (χ2v) is 9.88. The van der Waals surface area contributed by atoms with Crippen LogP contribution in [0.5, 0.6) is 5.75 Å². The molecule has 0 radical (unpaired) electrons. The van der Waals surface area contributed by atoms with Gasteiger partial charge < -0.3 is 10.5 Å². The highest BCUT2D eigenvalue weighted by molar-refractivity contribution is 7.23. The van der Waals surface area contributed by atoms with Crippen LogP contribution in [0, 0.1) is 0 Å². The molecule has 0 aliphatic carbocycles. The first-order valence-corrected chi connectivity index (χ1v) is 12.5. The summed E-state index contributed by atoms with van der Waals surface area (Å²) in [6.45, 7) is 0. The quantitative estimate of drug-likeness (QED) is 0.275. The van der Waals surface area contributed by atoms with E-state index in [-0.39, 0.29) is 11.9 Å². The molecule has 2 heterocycles. The molecule has 3 N–H and O–H groups in total. The topological polar surface area (TPSA) is 77.2 Å². The minimum absolute atomic E-state index is 0.108. The van der Waals surface area contributed by atoms with E-state index in [2.05, 4.69) is 33.9 Å². The molecule has 7 heteroatoms. The highest BCUT2D eigenvalue weighted by atomic mass is 32.1. The van der Waals surface area contributed by atoms with Gasteiger partial charge in [0.15, 0.2) is 5.13 Å². The van der Waals surface area contributed by atoms with E-state index in [4.69, 9.17) is 10.5 Å². The Balaban J connectivity index is 1.37. The number of anilines is 1. The van der Waals surface area contributed by atoms with Crippen molar-refractivity contribution in [2.75, 3.05) is 12.4 Å². The number of nitrogens with zero attached hydrogens (tertiary/aromatic N) is 1. The van der Waals surface area contributed by atoms with Gasteiger partial charge in [-0.1, -0.05) is 59.9 Å². The van der Waals surface area contributed by atoms with Crippen LogP contribution in [0.4, 0.5) is 5.13 Å². The van der Waals surface area contributed by atoms with Crippen molar-refractivity contribution in [3.63, 3.8) is 0 Å². The molecule has 1 unspecified atom stereocenters. The number of hydrogen-bond donors (Lipinski definition) is 2. The standard InChI is InChI=1S/C27H23N3O2S2/c1-32-23-14-13-21(17-6-3-2-4-7-17)25-24(23)29-27(34-25)30-26(31)19-11-9-18(10-12-19)22(28)16-20-8-5-15-33-20/h2-15,22H,16,28H2,1H3,(H,29,30,31). The number of carbonyl (C=O) groups is 1. The Morgan fingerprint density at radius 3 is 2.53 bits per heavy atom. The third-order valence-electron chi connectivity index (χ3n) is 5.63. The summed E-state index contributed by atoms with van der Waals surface area (Å²) in [5, 5.41) is 5.53. The van der Waals surface area contributed by atoms with Crippen LogP contribution in [-0.4, -0.2) is 18.0 Å². The molecule has 0 spiro atoms. The van der Waals surface area contributed by atoms with Crippen LogP contribution in [0.3, 0.4) is 0 Å². The molecule has 0 saturated heterocycles. The fourth-order valence-corrected chi connectivity index (χ4v) is 5.64. The van der Waals surface area contributed by atoms with Crippen molar-refractivity contribution in [1.29, 1.82) is 0 Å². The molecule has 0 bridgehead atoms. The van der Waals surface area contributed by atoms with E-state index in [0.717, 1.165) is 33.3 Å². The number of benzene rings is 3. The lowest BCUT2D eigenvalue weighted by molar-refractivity contribution is 0.102. The lowest BCUT2D eigenvalue weighted by Gasteiger charge is -2.11. The number of fused-ring (bicyclic) bond motifs is 1. The molecule has 1 atom stereocenters. The van der Waals surface area contributed by atoms with E-state index < -0.39 is 0 Å². The van der Waals surface area contributed by atoms with Gasteiger partial charge in [-0.2, -0.15) is 0 Å². The van der Waals surface area contributed by atoms with Gasteiger partial charge in [-0.15, -0.1) is 11.3 Å². The molecule has 34 heavy (non-hydrogen) atoms. The van der Waals surface area contributed by atoms with Gasteiger partial charge in [-0.05, 0) is 46.8 Å². The first-order valence-electron chi connectivity index (χ1n) is 10.8. The normalized spacial score (nSPS) is 11.9. The zero-order chi connectivity index (χ0) is 23.5. The number of rotatable bonds is 7. The Morgan fingerprint density at radius 1 is 1.03 bits per heavy atom. The van der Waals surface area contributed by atoms with Gasteiger partial charge in [0, 0.05) is 28.5 Å². The van der Waals surface area contributed by atoms with E-state index in [0.29, 0.717) is 16.4 Å². The van der Waals surface area contributed by atoms with Gasteiger partial charge in [0.25, 0.3) is 5.91 Å². The van der Waals surface area contributed by atoms with Crippen molar-refractivity contribution < 1.29 is 9.53 Å². The zero-order valence-corrected chi connectivity index (χ0v) is 20.2. The van der Waals surface area contributed by atoms with Gasteiger partial charge in [-0.25, -0.2) is 4.98 Å². The Bertz CT molecular complexity index is 1410. The van der Waals surface area contributed by atoms with E-state index in [9.17, 15) is 4.79 Å². The second-order valence-electron chi connectivity index (χ2n) is 7.84. The third-order valence-corrected chi connectivity index (χ3v) is 7.54. The molecule has 0 saturated carbocycles. The maximum absolute atomic E-state index is 12.9. The number of nitrogens with one attached hydrogen (secondary N) is 1. The summed E-state index contributed by atoms with van der Waals surface area (Å²) in [7, 11) is 1.62. The Morgan fingerprint density at radius 2 is 1.82 bits per heavy atom. The molecule has 0 fully saturated rings. The van der Waals surface area contributed by atoms with Crippen LogP contribution in [0.1, 0.15) is 26.8 Å². The summed E-state index contributed by atoms with van der Waals surface area (Å²) in [5.74, 6) is 0.466. The Hall–Kier alpha value is -3.52. The van der Waals surface area contributed by atoms with Gasteiger partial charge in [-0.3, -0.25) is 10.1 Å². The fourth-order valence-electron chi connectivity index (χ4n) is 3.86. The minimum Gasteiger partial charge on any atom is -0.494 e. The van der Waals surface area contributed by atoms with E-state index in [1.54, 1.807) is 18.4 Å². The number of carbonyl (C=O) groups excluding carboxylic acids is 1. The largest absolute Gasteiger partial charge is 0.494 e. The number of ether oxygens (including phenoxy) is 1. The number of hydrogen-bond acceptors (Lipinski definition) is 6. The third kappa shape index (κ3) is 4.59. The van der Waals surface area contributed by atoms with Gasteiger partial charge in [0.05, 0.1) is 11.8 Å². The fraction of sp³-hybridized carbons (Fsp3) is 0.111. The van der Waals surface area contributed by atoms with Crippen LogP contribution in [-0.2, 0) is 6.42 Å². The summed E-state index contributed by atoms with van der Waals surface area (Å²) in [6.07, 6.45) is 0.778. The van der Waals surface area contributed by atoms with Crippen molar-refractivity contribution in [2.45, 2.75) is 12.5 Å². The molecule has 5 aromatic rings. The van der Waals surface area contributed by atoms with Crippen molar-refractivity contribution in [3.8, 4) is 16.9 Å². The summed E-state index contributed by atoms with van der Waals surface area (Å²) in [4.78, 5) is 18.8. The molecular formula is C27H23N3O2S2. The molecule has 0 aliphatic rings. The maximum Gasteiger partial charge on any atom is 0.257 e. The highest BCUT2D eigenvalue weighted by Gasteiger charge is 2.17. The van der Waals surface area contributed by atoms with Crippen LogP contribution in [0.2, 0.25) is 0 Å². The van der Waals surface area contributed by atoms with Crippen LogP contribution in [0.15, 0.2) is 84.2 Å². The van der Waals surface area contributed by atoms with Gasteiger partial charge in [0.2, 0.25) is 0 Å². The summed E-state index contributed by atoms with van der Waals surface area (Å²) in [5.41, 5.74) is 10.8. The monoisotopic (exact) mass is 485 g/mol. The minimum atomic E-state index is -0.210. The molecule has 2 aromatic heterocycles. The first-order chi connectivity index (χ1) is 16.6. The van der Waals surface area contributed by atoms with Gasteiger partial charge >= 0.3 is 0 Å². The molecule has 3 aromatic carbocycles. The highest BCUT2D eigenvalue weighted by Crippen LogP contribution is 2.39. The number of thiophene rings is 1. The first kappa shape index (κ1) is 22.3. The predicted molar refractivity (Wildman–Crippen MR) is 141 cm³/mol. The molecule has 5 nitrogen and oxygen atoms in total. The molecule has 0 aliphatic heterocycles. The van der Waals surface area contributed by atoms with E-state index in [1.165, 1.54) is 16.2 Å². The lowest BCUT2D eigenvalue weighted by atomic mass is 10.0. The number of nitrogens with two attached hydrogens (primary N) is 1. The van der Waals surface area contributed by atoms with Crippen molar-refractivity contribution in [2.24, 2.45) is 5.73 Å². The number of aromatic nitrogens is 1. The Labute approximate surface area is 205 Å². The average molecular weight is 486 g/mol. The van der Waals surface area contributed by atoms with E-state index >= 15 is 0 Å². The molecular weight excluding hydrogens is 462 g/mol. The molecule has 5 rings (SSSR count). The predicted octanol–water partition coefficient (Wildman–Crippen LogP) is 6.53. The zero-order valence-electron chi connectivity index (χ0n) is 18.5. The van der Waals surface area contributed by atoms with Crippen LogP contribution in [0.25, 0.3) is 21.3 Å². The SMILES string of the molecule is COc1ccc(-c2ccccc2)c2sc(NC(=O)c3ccc(C(N)Cc4cccs4)cc3)nc12. The van der Waals surface area contributed by atoms with Crippen LogP contribution >= 0.6 is 22.7 Å². The average Bonchev–Trinajstić information content (AvgIpc) is 3.54. The van der Waals surface area contributed by atoms with Crippen LogP contribution < -0.4 is 15.8 Å². The van der Waals surface area contributed by atoms with Gasteiger partial charge in [0.1, 0.15) is 11.3 Å². The smallest absolute Gasteiger partial charge is 0.257 e. The van der Waals surface area contributed by atoms with Crippen molar-refractivity contribution >= 4 is 43.9 Å². The second kappa shape index (κ2) is 9.77. The lowest BCUT2D eigenvalue weighted by Crippen LogP contribution is -2.14. The number of methoxy groups -OCH3 is 1. The summed E-state index contributed by atoms with van der Waals surface area (Å²) < 4.78 is 6.48. The number of thiazole rings is 1. The summed E-state index contributed by atoms with van der Waals surface area (Å²) >= 11 is 3.14. The Kier molecular flexibility index (Phi) is 6.40. The molecule has 170 valence electrons. The van der Waals surface area contributed by atoms with E-state index in [1.807, 2.05) is 60.7 Å². The van der Waals surface area contributed by atoms with Crippen molar-refractivity contribution in [1.82, 2.24) is 4.98 Å². The summed E-state index contributed by atoms with van der Waals surface area (Å²) in [6, 6.07) is 25.5. The maximum atomic E-state index is 12.9. The molecule has 1 amide bonds. The number of amides is 1.